The summed E-state index contributed by atoms with van der Waals surface area (Å²) in [5.41, 5.74) is 2.27. The third kappa shape index (κ3) is 2.61. The SMILES string of the molecule is COc1ccc2c(c1)CC(c1ccc(N([O-])O)cc1)OC2=O. The molecule has 3 rings (SSSR count). The van der Waals surface area contributed by atoms with Crippen molar-refractivity contribution in [2.45, 2.75) is 12.5 Å². The molecule has 0 aliphatic carbocycles. The Morgan fingerprint density at radius 2 is 2.00 bits per heavy atom. The lowest BCUT2D eigenvalue weighted by atomic mass is 9.94. The third-order valence-electron chi connectivity index (χ3n) is 3.67. The van der Waals surface area contributed by atoms with E-state index in [0.717, 1.165) is 11.1 Å². The fourth-order valence-corrected chi connectivity index (χ4v) is 2.50. The van der Waals surface area contributed by atoms with Gasteiger partial charge in [0.1, 0.15) is 11.9 Å². The van der Waals surface area contributed by atoms with Crippen LogP contribution in [0.3, 0.4) is 0 Å². The summed E-state index contributed by atoms with van der Waals surface area (Å²) >= 11 is 0. The molecule has 6 nitrogen and oxygen atoms in total. The first-order chi connectivity index (χ1) is 10.6. The molecule has 1 aliphatic heterocycles. The number of carbonyl (C=O) groups is 1. The summed E-state index contributed by atoms with van der Waals surface area (Å²) < 4.78 is 10.6. The second-order valence-electron chi connectivity index (χ2n) is 4.99. The number of esters is 1. The van der Waals surface area contributed by atoms with Gasteiger partial charge in [-0.1, -0.05) is 12.1 Å². The van der Waals surface area contributed by atoms with Gasteiger partial charge < -0.3 is 19.9 Å². The zero-order chi connectivity index (χ0) is 15.7. The maximum absolute atomic E-state index is 12.1. The average molecular weight is 300 g/mol. The first-order valence-electron chi connectivity index (χ1n) is 6.72. The highest BCUT2D eigenvalue weighted by Crippen LogP contribution is 2.33. The molecule has 0 saturated heterocycles. The average Bonchev–Trinajstić information content (AvgIpc) is 2.54. The van der Waals surface area contributed by atoms with E-state index in [1.807, 2.05) is 6.07 Å². The summed E-state index contributed by atoms with van der Waals surface area (Å²) in [5.74, 6) is 0.301. The second-order valence-corrected chi connectivity index (χ2v) is 4.99. The van der Waals surface area contributed by atoms with Gasteiger partial charge in [-0.3, -0.25) is 5.21 Å². The van der Waals surface area contributed by atoms with Crippen LogP contribution < -0.4 is 9.96 Å². The van der Waals surface area contributed by atoms with Crippen LogP contribution in [0.1, 0.15) is 27.6 Å². The lowest BCUT2D eigenvalue weighted by molar-refractivity contribution is 0.0252. The molecule has 0 spiro atoms. The van der Waals surface area contributed by atoms with Crippen molar-refractivity contribution in [1.82, 2.24) is 0 Å². The molecule has 6 heteroatoms. The smallest absolute Gasteiger partial charge is 0.339 e. The Bertz CT molecular complexity index is 696. The molecule has 1 atom stereocenters. The highest BCUT2D eigenvalue weighted by molar-refractivity contribution is 5.92. The molecule has 0 aromatic heterocycles. The van der Waals surface area contributed by atoms with Gasteiger partial charge in [0.2, 0.25) is 0 Å². The Morgan fingerprint density at radius 3 is 2.64 bits per heavy atom. The van der Waals surface area contributed by atoms with Crippen LogP contribution in [0.4, 0.5) is 5.69 Å². The molecule has 0 amide bonds. The number of cyclic esters (lactones) is 1. The predicted octanol–water partition coefficient (Wildman–Crippen LogP) is 2.84. The van der Waals surface area contributed by atoms with E-state index < -0.39 is 6.10 Å². The number of carbonyl (C=O) groups excluding carboxylic acids is 1. The summed E-state index contributed by atoms with van der Waals surface area (Å²) in [5, 5.41) is 19.4. The molecule has 0 radical (unpaired) electrons. The van der Waals surface area contributed by atoms with Gasteiger partial charge in [0, 0.05) is 6.42 Å². The minimum atomic E-state index is -0.431. The number of rotatable bonds is 3. The van der Waals surface area contributed by atoms with E-state index in [-0.39, 0.29) is 16.9 Å². The van der Waals surface area contributed by atoms with Crippen molar-refractivity contribution in [3.05, 3.63) is 64.4 Å². The van der Waals surface area contributed by atoms with Crippen molar-refractivity contribution in [3.8, 4) is 5.75 Å². The van der Waals surface area contributed by atoms with Crippen molar-refractivity contribution in [2.24, 2.45) is 0 Å². The monoisotopic (exact) mass is 300 g/mol. The van der Waals surface area contributed by atoms with E-state index in [0.29, 0.717) is 17.7 Å². The van der Waals surface area contributed by atoms with Gasteiger partial charge in [-0.2, -0.15) is 0 Å². The van der Waals surface area contributed by atoms with E-state index in [9.17, 15) is 10.0 Å². The molecule has 114 valence electrons. The summed E-state index contributed by atoms with van der Waals surface area (Å²) in [6, 6.07) is 11.5. The van der Waals surface area contributed by atoms with Crippen LogP contribution in [0.15, 0.2) is 42.5 Å². The van der Waals surface area contributed by atoms with Crippen molar-refractivity contribution in [2.75, 3.05) is 12.3 Å². The molecule has 0 saturated carbocycles. The van der Waals surface area contributed by atoms with Crippen LogP contribution in [-0.2, 0) is 11.2 Å². The highest BCUT2D eigenvalue weighted by Gasteiger charge is 2.27. The standard InChI is InChI=1S/C16H14NO5/c1-21-13-6-7-14-11(8-13)9-15(22-16(14)18)10-2-4-12(5-3-10)17(19)20/h2-8,15,19H,9H2,1H3/q-1. The largest absolute Gasteiger partial charge is 0.733 e. The van der Waals surface area contributed by atoms with E-state index >= 15 is 0 Å². The topological polar surface area (TPSA) is 82.1 Å². The Morgan fingerprint density at radius 1 is 1.27 bits per heavy atom. The van der Waals surface area contributed by atoms with Gasteiger partial charge in [-0.25, -0.2) is 4.79 Å². The summed E-state index contributed by atoms with van der Waals surface area (Å²) in [6.07, 6.45) is 0.0950. The highest BCUT2D eigenvalue weighted by atomic mass is 16.8. The lowest BCUT2D eigenvalue weighted by Gasteiger charge is -2.26. The third-order valence-corrected chi connectivity index (χ3v) is 3.67. The molecule has 2 aromatic carbocycles. The fourth-order valence-electron chi connectivity index (χ4n) is 2.50. The lowest BCUT2D eigenvalue weighted by Crippen LogP contribution is -2.21. The molecular formula is C16H14NO5-. The number of ether oxygens (including phenoxy) is 2. The molecule has 0 bridgehead atoms. The fraction of sp³-hybridized carbons (Fsp3) is 0.188. The van der Waals surface area contributed by atoms with Crippen molar-refractivity contribution < 1.29 is 19.5 Å². The number of hydrogen-bond acceptors (Lipinski definition) is 6. The van der Waals surface area contributed by atoms with Crippen LogP contribution in [0.5, 0.6) is 5.75 Å². The number of benzene rings is 2. The summed E-state index contributed by atoms with van der Waals surface area (Å²) in [6.45, 7) is 0. The van der Waals surface area contributed by atoms with Crippen LogP contribution >= 0.6 is 0 Å². The van der Waals surface area contributed by atoms with Gasteiger partial charge in [0.25, 0.3) is 0 Å². The number of fused-ring (bicyclic) bond motifs is 1. The van der Waals surface area contributed by atoms with Gasteiger partial charge in [0.15, 0.2) is 0 Å². The number of methoxy groups -OCH3 is 1. The zero-order valence-electron chi connectivity index (χ0n) is 11.9. The molecule has 22 heavy (non-hydrogen) atoms. The Kier molecular flexibility index (Phi) is 3.70. The number of hydrogen-bond donors (Lipinski definition) is 1. The van der Waals surface area contributed by atoms with Crippen molar-refractivity contribution >= 4 is 11.7 Å². The summed E-state index contributed by atoms with van der Waals surface area (Å²) in [4.78, 5) is 12.1. The van der Waals surface area contributed by atoms with Crippen LogP contribution in [0.25, 0.3) is 0 Å². The second kappa shape index (κ2) is 5.67. The first kappa shape index (κ1) is 14.4. The first-order valence-corrected chi connectivity index (χ1v) is 6.72. The minimum absolute atomic E-state index is 0.118. The van der Waals surface area contributed by atoms with Crippen LogP contribution in [0, 0.1) is 5.21 Å². The number of anilines is 1. The molecule has 1 aliphatic rings. The molecule has 1 unspecified atom stereocenters. The van der Waals surface area contributed by atoms with E-state index in [2.05, 4.69) is 0 Å². The molecule has 2 aromatic rings. The maximum atomic E-state index is 12.1. The summed E-state index contributed by atoms with van der Waals surface area (Å²) in [7, 11) is 1.57. The van der Waals surface area contributed by atoms with Crippen LogP contribution in [0.2, 0.25) is 0 Å². The zero-order valence-corrected chi connectivity index (χ0v) is 11.9. The Balaban J connectivity index is 1.89. The predicted molar refractivity (Wildman–Crippen MR) is 78.9 cm³/mol. The molecule has 1 heterocycles. The minimum Gasteiger partial charge on any atom is -0.733 e. The van der Waals surface area contributed by atoms with Gasteiger partial charge >= 0.3 is 5.97 Å². The Hall–Kier alpha value is -2.57. The van der Waals surface area contributed by atoms with Crippen LogP contribution in [-0.4, -0.2) is 18.3 Å². The van der Waals surface area contributed by atoms with E-state index in [1.165, 1.54) is 12.1 Å². The van der Waals surface area contributed by atoms with Gasteiger partial charge in [-0.05, 0) is 41.5 Å². The van der Waals surface area contributed by atoms with E-state index in [4.69, 9.17) is 14.7 Å². The Labute approximate surface area is 127 Å². The molecule has 0 fully saturated rings. The van der Waals surface area contributed by atoms with Crippen molar-refractivity contribution in [3.63, 3.8) is 0 Å². The van der Waals surface area contributed by atoms with Crippen molar-refractivity contribution in [1.29, 1.82) is 0 Å². The molecule has 1 N–H and O–H groups in total. The molecular weight excluding hydrogens is 286 g/mol. The normalized spacial score (nSPS) is 16.7. The van der Waals surface area contributed by atoms with Gasteiger partial charge in [0.05, 0.1) is 18.4 Å². The van der Waals surface area contributed by atoms with Gasteiger partial charge in [-0.15, -0.1) is 0 Å². The maximum Gasteiger partial charge on any atom is 0.339 e. The number of nitrogens with zero attached hydrogens (tertiary/aromatic N) is 1. The van der Waals surface area contributed by atoms with E-state index in [1.54, 1.807) is 31.4 Å². The quantitative estimate of drug-likeness (QED) is 0.693.